The van der Waals surface area contributed by atoms with E-state index in [0.29, 0.717) is 17.1 Å². The molecule has 9 heteroatoms. The van der Waals surface area contributed by atoms with Crippen molar-refractivity contribution in [2.45, 2.75) is 6.54 Å². The second-order valence-electron chi connectivity index (χ2n) is 5.56. The Bertz CT molecular complexity index is 1180. The van der Waals surface area contributed by atoms with Crippen LogP contribution in [-0.4, -0.2) is 37.4 Å². The van der Waals surface area contributed by atoms with E-state index in [2.05, 4.69) is 20.5 Å². The number of methoxy groups -OCH3 is 1. The van der Waals surface area contributed by atoms with Crippen molar-refractivity contribution in [2.75, 3.05) is 12.4 Å². The van der Waals surface area contributed by atoms with Crippen LogP contribution in [0.3, 0.4) is 0 Å². The predicted octanol–water partition coefficient (Wildman–Crippen LogP) is 1.09. The Labute approximate surface area is 146 Å². The largest absolute Gasteiger partial charge is 0.481 e. The van der Waals surface area contributed by atoms with E-state index in [1.54, 1.807) is 25.4 Å². The Balaban J connectivity index is 1.56. The van der Waals surface area contributed by atoms with Gasteiger partial charge in [0.15, 0.2) is 0 Å². The van der Waals surface area contributed by atoms with Gasteiger partial charge in [-0.2, -0.15) is 10.2 Å². The number of rotatable bonds is 4. The molecule has 0 bridgehead atoms. The molecule has 0 fully saturated rings. The molecule has 0 aliphatic rings. The fraction of sp³-hybridized carbons (Fsp3) is 0.118. The van der Waals surface area contributed by atoms with Gasteiger partial charge in [0.1, 0.15) is 18.4 Å². The van der Waals surface area contributed by atoms with Gasteiger partial charge in [0.05, 0.1) is 13.3 Å². The standard InChI is InChI=1S/C17H14N6O3/c1-26-16-13-3-2-12(8-11(13)4-6-18-16)21-15(24)9-22-17(25)14-5-7-19-23(14)10-20-22/h2-8,10H,9H2,1H3,(H,21,24). The first-order chi connectivity index (χ1) is 12.7. The number of anilines is 1. The Kier molecular flexibility index (Phi) is 3.81. The minimum atomic E-state index is -0.380. The summed E-state index contributed by atoms with van der Waals surface area (Å²) in [6, 6.07) is 8.78. The molecule has 0 saturated heterocycles. The van der Waals surface area contributed by atoms with Gasteiger partial charge in [0, 0.05) is 17.3 Å². The molecule has 0 radical (unpaired) electrons. The van der Waals surface area contributed by atoms with Crippen LogP contribution in [0.15, 0.2) is 53.8 Å². The summed E-state index contributed by atoms with van der Waals surface area (Å²) in [6.45, 7) is -0.196. The summed E-state index contributed by atoms with van der Waals surface area (Å²) in [5.41, 5.74) is 0.585. The van der Waals surface area contributed by atoms with E-state index in [9.17, 15) is 9.59 Å². The second-order valence-corrected chi connectivity index (χ2v) is 5.56. The molecule has 3 aromatic heterocycles. The fourth-order valence-electron chi connectivity index (χ4n) is 2.71. The molecule has 130 valence electrons. The number of amides is 1. The predicted molar refractivity (Wildman–Crippen MR) is 94.2 cm³/mol. The summed E-state index contributed by atoms with van der Waals surface area (Å²) in [6.07, 6.45) is 4.53. The van der Waals surface area contributed by atoms with Gasteiger partial charge in [-0.05, 0) is 35.7 Å². The first-order valence-electron chi connectivity index (χ1n) is 7.78. The van der Waals surface area contributed by atoms with E-state index < -0.39 is 0 Å². The number of benzene rings is 1. The Morgan fingerprint density at radius 1 is 1.19 bits per heavy atom. The van der Waals surface area contributed by atoms with E-state index in [-0.39, 0.29) is 18.0 Å². The number of pyridine rings is 1. The molecule has 4 rings (SSSR count). The molecule has 4 aromatic rings. The van der Waals surface area contributed by atoms with Crippen LogP contribution in [0.2, 0.25) is 0 Å². The lowest BCUT2D eigenvalue weighted by atomic mass is 10.1. The van der Waals surface area contributed by atoms with Crippen molar-refractivity contribution in [3.8, 4) is 5.88 Å². The first-order valence-corrected chi connectivity index (χ1v) is 7.78. The van der Waals surface area contributed by atoms with E-state index in [1.165, 1.54) is 17.0 Å². The second kappa shape index (κ2) is 6.28. The number of hydrogen-bond acceptors (Lipinski definition) is 6. The summed E-state index contributed by atoms with van der Waals surface area (Å²) < 4.78 is 7.68. The van der Waals surface area contributed by atoms with Gasteiger partial charge < -0.3 is 10.1 Å². The van der Waals surface area contributed by atoms with Gasteiger partial charge in [0.25, 0.3) is 5.56 Å². The minimum absolute atomic E-state index is 0.196. The molecule has 1 N–H and O–H groups in total. The quantitative estimate of drug-likeness (QED) is 0.591. The van der Waals surface area contributed by atoms with Crippen molar-refractivity contribution < 1.29 is 9.53 Å². The molecule has 3 heterocycles. The third-order valence-corrected chi connectivity index (χ3v) is 3.92. The molecular weight excluding hydrogens is 336 g/mol. The zero-order chi connectivity index (χ0) is 18.1. The maximum atomic E-state index is 12.3. The van der Waals surface area contributed by atoms with Gasteiger partial charge in [-0.15, -0.1) is 0 Å². The lowest BCUT2D eigenvalue weighted by Gasteiger charge is -2.09. The van der Waals surface area contributed by atoms with E-state index >= 15 is 0 Å². The third-order valence-electron chi connectivity index (χ3n) is 3.92. The van der Waals surface area contributed by atoms with Crippen LogP contribution in [0.25, 0.3) is 16.3 Å². The Morgan fingerprint density at radius 3 is 2.92 bits per heavy atom. The van der Waals surface area contributed by atoms with E-state index in [1.807, 2.05) is 18.2 Å². The maximum Gasteiger partial charge on any atom is 0.293 e. The van der Waals surface area contributed by atoms with Gasteiger partial charge in [-0.3, -0.25) is 9.59 Å². The minimum Gasteiger partial charge on any atom is -0.481 e. The van der Waals surface area contributed by atoms with Crippen molar-refractivity contribution in [3.63, 3.8) is 0 Å². The van der Waals surface area contributed by atoms with Crippen LogP contribution < -0.4 is 15.6 Å². The highest BCUT2D eigenvalue weighted by molar-refractivity contribution is 5.95. The molecule has 0 spiro atoms. The number of carbonyl (C=O) groups is 1. The summed E-state index contributed by atoms with van der Waals surface area (Å²) in [5, 5.41) is 12.4. The van der Waals surface area contributed by atoms with E-state index in [4.69, 9.17) is 4.74 Å². The van der Waals surface area contributed by atoms with Crippen LogP contribution in [0.4, 0.5) is 5.69 Å². The van der Waals surface area contributed by atoms with Crippen LogP contribution in [0.5, 0.6) is 5.88 Å². The molecule has 1 amide bonds. The molecule has 0 atom stereocenters. The highest BCUT2D eigenvalue weighted by atomic mass is 16.5. The number of fused-ring (bicyclic) bond motifs is 2. The molecule has 1 aromatic carbocycles. The van der Waals surface area contributed by atoms with Crippen molar-refractivity contribution in [2.24, 2.45) is 0 Å². The molecule has 26 heavy (non-hydrogen) atoms. The SMILES string of the molecule is COc1nccc2cc(NC(=O)Cn3ncn4nccc4c3=O)ccc12. The maximum absolute atomic E-state index is 12.3. The molecule has 9 nitrogen and oxygen atoms in total. The monoisotopic (exact) mass is 350 g/mol. The Morgan fingerprint density at radius 2 is 2.08 bits per heavy atom. The summed E-state index contributed by atoms with van der Waals surface area (Å²) in [4.78, 5) is 28.7. The van der Waals surface area contributed by atoms with Crippen LogP contribution in [-0.2, 0) is 11.3 Å². The number of ether oxygens (including phenoxy) is 1. The highest BCUT2D eigenvalue weighted by Crippen LogP contribution is 2.25. The topological polar surface area (TPSA) is 103 Å². The van der Waals surface area contributed by atoms with Crippen molar-refractivity contribution in [1.29, 1.82) is 0 Å². The van der Waals surface area contributed by atoms with Crippen LogP contribution in [0, 0.1) is 0 Å². The first kappa shape index (κ1) is 15.8. The Hall–Kier alpha value is -3.75. The van der Waals surface area contributed by atoms with Crippen LogP contribution in [0.1, 0.15) is 0 Å². The average Bonchev–Trinajstić information content (AvgIpc) is 3.13. The molecule has 0 aliphatic heterocycles. The summed E-state index contributed by atoms with van der Waals surface area (Å²) >= 11 is 0. The lowest BCUT2D eigenvalue weighted by Crippen LogP contribution is -2.30. The van der Waals surface area contributed by atoms with Crippen molar-refractivity contribution in [3.05, 3.63) is 59.4 Å². The van der Waals surface area contributed by atoms with Crippen molar-refractivity contribution in [1.82, 2.24) is 24.4 Å². The lowest BCUT2D eigenvalue weighted by molar-refractivity contribution is -0.117. The zero-order valence-corrected chi connectivity index (χ0v) is 13.8. The highest BCUT2D eigenvalue weighted by Gasteiger charge is 2.10. The van der Waals surface area contributed by atoms with Gasteiger partial charge in [-0.25, -0.2) is 14.2 Å². The fourth-order valence-corrected chi connectivity index (χ4v) is 2.71. The normalized spacial score (nSPS) is 11.0. The summed E-state index contributed by atoms with van der Waals surface area (Å²) in [7, 11) is 1.56. The van der Waals surface area contributed by atoms with Crippen LogP contribution >= 0.6 is 0 Å². The van der Waals surface area contributed by atoms with Crippen molar-refractivity contribution >= 4 is 27.9 Å². The van der Waals surface area contributed by atoms with Gasteiger partial charge in [-0.1, -0.05) is 0 Å². The number of nitrogens with zero attached hydrogens (tertiary/aromatic N) is 5. The molecule has 0 aliphatic carbocycles. The number of carbonyl (C=O) groups excluding carboxylic acids is 1. The molecular formula is C17H14N6O3. The zero-order valence-electron chi connectivity index (χ0n) is 13.8. The number of aromatic nitrogens is 5. The number of nitrogens with one attached hydrogen (secondary N) is 1. The number of hydrogen-bond donors (Lipinski definition) is 1. The smallest absolute Gasteiger partial charge is 0.293 e. The molecule has 0 saturated carbocycles. The third kappa shape index (κ3) is 2.75. The summed E-state index contributed by atoms with van der Waals surface area (Å²) in [5.74, 6) is 0.161. The van der Waals surface area contributed by atoms with Gasteiger partial charge >= 0.3 is 0 Å². The van der Waals surface area contributed by atoms with E-state index in [0.717, 1.165) is 15.5 Å². The molecule has 0 unspecified atom stereocenters. The average molecular weight is 350 g/mol. The van der Waals surface area contributed by atoms with Gasteiger partial charge in [0.2, 0.25) is 11.8 Å².